The molecule has 0 bridgehead atoms. The van der Waals surface area contributed by atoms with Crippen molar-refractivity contribution < 1.29 is 13.9 Å². The molecule has 1 N–H and O–H groups in total. The molecule has 1 amide bonds. The maximum atomic E-state index is 11.8. The van der Waals surface area contributed by atoms with Gasteiger partial charge in [0.2, 0.25) is 0 Å². The van der Waals surface area contributed by atoms with Gasteiger partial charge >= 0.3 is 0 Å². The standard InChI is InChI=1S/C15H17NO3/c1-3-18-13-8-6-12(7-9-13)11(2)16-15(17)14-5-4-10-19-14/h4-11H,3H2,1-2H3,(H,16,17)/t11-/m1/s1. The Morgan fingerprint density at radius 2 is 2.05 bits per heavy atom. The number of rotatable bonds is 5. The van der Waals surface area contributed by atoms with E-state index in [0.717, 1.165) is 11.3 Å². The van der Waals surface area contributed by atoms with E-state index in [1.807, 2.05) is 38.1 Å². The van der Waals surface area contributed by atoms with E-state index in [4.69, 9.17) is 9.15 Å². The summed E-state index contributed by atoms with van der Waals surface area (Å²) >= 11 is 0. The molecule has 100 valence electrons. The number of furan rings is 1. The number of amides is 1. The highest BCUT2D eigenvalue weighted by atomic mass is 16.5. The molecule has 0 fully saturated rings. The van der Waals surface area contributed by atoms with Crippen LogP contribution in [0.15, 0.2) is 47.1 Å². The number of hydrogen-bond acceptors (Lipinski definition) is 3. The second kappa shape index (κ2) is 6.09. The highest BCUT2D eigenvalue weighted by molar-refractivity contribution is 5.91. The molecule has 1 aromatic carbocycles. The molecule has 0 saturated carbocycles. The van der Waals surface area contributed by atoms with E-state index in [2.05, 4.69) is 5.32 Å². The van der Waals surface area contributed by atoms with Crippen LogP contribution in [0, 0.1) is 0 Å². The lowest BCUT2D eigenvalue weighted by Gasteiger charge is -2.14. The van der Waals surface area contributed by atoms with Crippen LogP contribution < -0.4 is 10.1 Å². The smallest absolute Gasteiger partial charge is 0.287 e. The Labute approximate surface area is 112 Å². The third kappa shape index (κ3) is 3.37. The minimum absolute atomic E-state index is 0.0896. The van der Waals surface area contributed by atoms with Gasteiger partial charge in [-0.25, -0.2) is 0 Å². The van der Waals surface area contributed by atoms with Crippen LogP contribution in [-0.4, -0.2) is 12.5 Å². The Kier molecular flexibility index (Phi) is 4.23. The zero-order valence-electron chi connectivity index (χ0n) is 11.1. The number of benzene rings is 1. The van der Waals surface area contributed by atoms with Crippen molar-refractivity contribution in [3.05, 3.63) is 54.0 Å². The summed E-state index contributed by atoms with van der Waals surface area (Å²) in [4.78, 5) is 11.8. The largest absolute Gasteiger partial charge is 0.494 e. The van der Waals surface area contributed by atoms with Crippen LogP contribution in [0.5, 0.6) is 5.75 Å². The molecule has 0 radical (unpaired) electrons. The monoisotopic (exact) mass is 259 g/mol. The van der Waals surface area contributed by atoms with E-state index in [9.17, 15) is 4.79 Å². The number of nitrogens with one attached hydrogen (secondary N) is 1. The highest BCUT2D eigenvalue weighted by Crippen LogP contribution is 2.18. The average molecular weight is 259 g/mol. The summed E-state index contributed by atoms with van der Waals surface area (Å²) in [5.41, 5.74) is 1.02. The molecule has 2 rings (SSSR count). The van der Waals surface area contributed by atoms with Crippen LogP contribution in [0.1, 0.15) is 36.0 Å². The van der Waals surface area contributed by atoms with Crippen molar-refractivity contribution in [1.29, 1.82) is 0 Å². The topological polar surface area (TPSA) is 51.5 Å². The lowest BCUT2D eigenvalue weighted by Crippen LogP contribution is -2.26. The fourth-order valence-electron chi connectivity index (χ4n) is 1.78. The van der Waals surface area contributed by atoms with Crippen molar-refractivity contribution in [2.75, 3.05) is 6.61 Å². The molecule has 4 nitrogen and oxygen atoms in total. The van der Waals surface area contributed by atoms with Crippen LogP contribution in [0.25, 0.3) is 0 Å². The third-order valence-electron chi connectivity index (χ3n) is 2.78. The van der Waals surface area contributed by atoms with Crippen molar-refractivity contribution >= 4 is 5.91 Å². The van der Waals surface area contributed by atoms with Crippen molar-refractivity contribution in [3.8, 4) is 5.75 Å². The molecule has 19 heavy (non-hydrogen) atoms. The van der Waals surface area contributed by atoms with Crippen LogP contribution >= 0.6 is 0 Å². The lowest BCUT2D eigenvalue weighted by atomic mass is 10.1. The first-order valence-electron chi connectivity index (χ1n) is 6.28. The van der Waals surface area contributed by atoms with Gasteiger partial charge in [0.25, 0.3) is 5.91 Å². The lowest BCUT2D eigenvalue weighted by molar-refractivity contribution is 0.0912. The molecular weight excluding hydrogens is 242 g/mol. The molecule has 0 unspecified atom stereocenters. The Bertz CT molecular complexity index is 517. The summed E-state index contributed by atoms with van der Waals surface area (Å²) < 4.78 is 10.4. The van der Waals surface area contributed by atoms with E-state index in [1.165, 1.54) is 6.26 Å². The van der Waals surface area contributed by atoms with Crippen molar-refractivity contribution in [2.45, 2.75) is 19.9 Å². The summed E-state index contributed by atoms with van der Waals surface area (Å²) in [7, 11) is 0. The molecule has 0 aliphatic rings. The molecule has 1 atom stereocenters. The maximum Gasteiger partial charge on any atom is 0.287 e. The second-order valence-electron chi connectivity index (χ2n) is 4.17. The van der Waals surface area contributed by atoms with Crippen LogP contribution in [0.2, 0.25) is 0 Å². The van der Waals surface area contributed by atoms with Gasteiger partial charge in [0, 0.05) is 0 Å². The molecule has 4 heteroatoms. The quantitative estimate of drug-likeness (QED) is 0.897. The van der Waals surface area contributed by atoms with Crippen LogP contribution in [0.4, 0.5) is 0 Å². The first kappa shape index (κ1) is 13.2. The zero-order valence-corrected chi connectivity index (χ0v) is 11.1. The average Bonchev–Trinajstić information content (AvgIpc) is 2.94. The molecule has 1 aromatic heterocycles. The molecule has 0 spiro atoms. The van der Waals surface area contributed by atoms with Gasteiger partial charge in [-0.1, -0.05) is 12.1 Å². The Balaban J connectivity index is 1.99. The number of carbonyl (C=O) groups excluding carboxylic acids is 1. The SMILES string of the molecule is CCOc1ccc([C@@H](C)NC(=O)c2ccco2)cc1. The fourth-order valence-corrected chi connectivity index (χ4v) is 1.78. The summed E-state index contributed by atoms with van der Waals surface area (Å²) in [6.07, 6.45) is 1.48. The molecule has 0 saturated heterocycles. The van der Waals surface area contributed by atoms with Crippen molar-refractivity contribution in [1.82, 2.24) is 5.32 Å². The van der Waals surface area contributed by atoms with Gasteiger partial charge in [0.05, 0.1) is 18.9 Å². The third-order valence-corrected chi connectivity index (χ3v) is 2.78. The number of carbonyl (C=O) groups is 1. The van der Waals surface area contributed by atoms with Gasteiger partial charge in [0.1, 0.15) is 5.75 Å². The van der Waals surface area contributed by atoms with Crippen molar-refractivity contribution in [3.63, 3.8) is 0 Å². The van der Waals surface area contributed by atoms with E-state index in [0.29, 0.717) is 12.4 Å². The molecule has 2 aromatic rings. The Morgan fingerprint density at radius 1 is 1.32 bits per heavy atom. The Morgan fingerprint density at radius 3 is 2.63 bits per heavy atom. The molecule has 0 aliphatic heterocycles. The first-order valence-corrected chi connectivity index (χ1v) is 6.28. The molecule has 1 heterocycles. The minimum atomic E-state index is -0.216. The fraction of sp³-hybridized carbons (Fsp3) is 0.267. The van der Waals surface area contributed by atoms with Gasteiger partial charge in [0.15, 0.2) is 5.76 Å². The number of ether oxygens (including phenoxy) is 1. The first-order chi connectivity index (χ1) is 9.20. The Hall–Kier alpha value is -2.23. The van der Waals surface area contributed by atoms with E-state index in [1.54, 1.807) is 12.1 Å². The van der Waals surface area contributed by atoms with E-state index >= 15 is 0 Å². The molecule has 0 aliphatic carbocycles. The summed E-state index contributed by atoms with van der Waals surface area (Å²) in [6, 6.07) is 10.9. The van der Waals surface area contributed by atoms with Gasteiger partial charge in [-0.3, -0.25) is 4.79 Å². The van der Waals surface area contributed by atoms with Gasteiger partial charge in [-0.15, -0.1) is 0 Å². The summed E-state index contributed by atoms with van der Waals surface area (Å²) in [5, 5.41) is 2.88. The normalized spacial score (nSPS) is 11.9. The van der Waals surface area contributed by atoms with Crippen LogP contribution in [0.3, 0.4) is 0 Å². The van der Waals surface area contributed by atoms with Crippen molar-refractivity contribution in [2.24, 2.45) is 0 Å². The summed E-state index contributed by atoms with van der Waals surface area (Å²) in [5.74, 6) is 0.931. The maximum absolute atomic E-state index is 11.8. The van der Waals surface area contributed by atoms with E-state index < -0.39 is 0 Å². The van der Waals surface area contributed by atoms with Gasteiger partial charge < -0.3 is 14.5 Å². The zero-order chi connectivity index (χ0) is 13.7. The second-order valence-corrected chi connectivity index (χ2v) is 4.17. The minimum Gasteiger partial charge on any atom is -0.494 e. The van der Waals surface area contributed by atoms with E-state index in [-0.39, 0.29) is 11.9 Å². The van der Waals surface area contributed by atoms with Gasteiger partial charge in [-0.05, 0) is 43.7 Å². The highest BCUT2D eigenvalue weighted by Gasteiger charge is 2.13. The number of hydrogen-bond donors (Lipinski definition) is 1. The summed E-state index contributed by atoms with van der Waals surface area (Å²) in [6.45, 7) is 4.51. The van der Waals surface area contributed by atoms with Crippen LogP contribution in [-0.2, 0) is 0 Å². The predicted octanol–water partition coefficient (Wildman–Crippen LogP) is 3.17. The molecular formula is C15H17NO3. The predicted molar refractivity (Wildman–Crippen MR) is 72.2 cm³/mol. The van der Waals surface area contributed by atoms with Gasteiger partial charge in [-0.2, -0.15) is 0 Å².